The first-order valence-corrected chi connectivity index (χ1v) is 10.9. The van der Waals surface area contributed by atoms with Crippen molar-refractivity contribution >= 4 is 11.6 Å². The Labute approximate surface area is 157 Å². The van der Waals surface area contributed by atoms with Crippen LogP contribution in [-0.2, 0) is 9.59 Å². The Hall–Kier alpha value is -1.18. The Bertz CT molecular complexity index is 746. The standard InChI is InChI=1S/C24H32O2/c1-4-21(26)24-11-9-23(10-12-24)20-13-15(2)19-14-16(25)5-6-17(19)18(20)7-8-22(23,24)3/h13-14,17-18,20H,4-12H2,1-3H3/t17-,18-,20-,22+,23?,24?/m1/s1. The summed E-state index contributed by atoms with van der Waals surface area (Å²) in [4.78, 5) is 25.1. The van der Waals surface area contributed by atoms with Crippen LogP contribution in [-0.4, -0.2) is 11.6 Å². The van der Waals surface area contributed by atoms with Crippen molar-refractivity contribution in [1.82, 2.24) is 0 Å². The summed E-state index contributed by atoms with van der Waals surface area (Å²) in [5.74, 6) is 2.75. The van der Waals surface area contributed by atoms with E-state index in [4.69, 9.17) is 0 Å². The first-order valence-electron chi connectivity index (χ1n) is 10.9. The van der Waals surface area contributed by atoms with Crippen LogP contribution < -0.4 is 0 Å². The second-order valence-electron chi connectivity index (χ2n) is 10.1. The van der Waals surface area contributed by atoms with Gasteiger partial charge in [0, 0.05) is 18.3 Å². The first-order chi connectivity index (χ1) is 12.4. The quantitative estimate of drug-likeness (QED) is 0.664. The van der Waals surface area contributed by atoms with Gasteiger partial charge in [0.1, 0.15) is 5.78 Å². The number of Topliss-reactive ketones (excluding diaryl/α,β-unsaturated/α-hetero) is 1. The molecule has 0 spiro atoms. The third-order valence-corrected chi connectivity index (χ3v) is 9.90. The number of allylic oxidation sites excluding steroid dienone is 4. The Kier molecular flexibility index (Phi) is 3.39. The molecule has 0 heterocycles. The number of hydrogen-bond donors (Lipinski definition) is 0. The maximum absolute atomic E-state index is 13.1. The van der Waals surface area contributed by atoms with Gasteiger partial charge in [-0.25, -0.2) is 0 Å². The Morgan fingerprint density at radius 3 is 2.58 bits per heavy atom. The summed E-state index contributed by atoms with van der Waals surface area (Å²) < 4.78 is 0. The lowest BCUT2D eigenvalue weighted by Gasteiger charge is -2.58. The Morgan fingerprint density at radius 2 is 1.88 bits per heavy atom. The van der Waals surface area contributed by atoms with E-state index >= 15 is 0 Å². The zero-order valence-electron chi connectivity index (χ0n) is 16.6. The van der Waals surface area contributed by atoms with Gasteiger partial charge in [0.25, 0.3) is 0 Å². The van der Waals surface area contributed by atoms with E-state index in [2.05, 4.69) is 26.8 Å². The number of carbonyl (C=O) groups excluding carboxylic acids is 2. The average molecular weight is 353 g/mol. The second kappa shape index (κ2) is 5.20. The molecule has 5 rings (SSSR count). The predicted octanol–water partition coefficient (Wildman–Crippen LogP) is 5.42. The van der Waals surface area contributed by atoms with E-state index < -0.39 is 0 Å². The minimum absolute atomic E-state index is 0.0346. The molecule has 3 saturated carbocycles. The summed E-state index contributed by atoms with van der Waals surface area (Å²) in [5.41, 5.74) is 3.18. The summed E-state index contributed by atoms with van der Waals surface area (Å²) in [6.07, 6.45) is 14.1. The number of carbonyl (C=O) groups is 2. The van der Waals surface area contributed by atoms with E-state index in [1.807, 2.05) is 6.08 Å². The van der Waals surface area contributed by atoms with Crippen molar-refractivity contribution in [2.75, 3.05) is 0 Å². The fraction of sp³-hybridized carbons (Fsp3) is 0.750. The highest BCUT2D eigenvalue weighted by Crippen LogP contribution is 2.80. The zero-order chi connectivity index (χ0) is 18.3. The maximum atomic E-state index is 13.1. The van der Waals surface area contributed by atoms with Crippen LogP contribution >= 0.6 is 0 Å². The van der Waals surface area contributed by atoms with E-state index in [1.165, 1.54) is 36.8 Å². The molecule has 0 aromatic rings. The van der Waals surface area contributed by atoms with Crippen LogP contribution in [0.15, 0.2) is 23.3 Å². The number of hydrogen-bond acceptors (Lipinski definition) is 2. The number of ketones is 2. The summed E-state index contributed by atoms with van der Waals surface area (Å²) in [5, 5.41) is 0. The third-order valence-electron chi connectivity index (χ3n) is 9.90. The van der Waals surface area contributed by atoms with Gasteiger partial charge >= 0.3 is 0 Å². The van der Waals surface area contributed by atoms with Gasteiger partial charge < -0.3 is 0 Å². The van der Waals surface area contributed by atoms with Crippen LogP contribution in [0.3, 0.4) is 0 Å². The van der Waals surface area contributed by atoms with Crippen molar-refractivity contribution in [3.8, 4) is 0 Å². The molecule has 0 amide bonds. The van der Waals surface area contributed by atoms with E-state index in [1.54, 1.807) is 0 Å². The summed E-state index contributed by atoms with van der Waals surface area (Å²) in [6.45, 7) is 6.77. The van der Waals surface area contributed by atoms with Crippen molar-refractivity contribution in [2.45, 2.75) is 78.6 Å². The highest BCUT2D eigenvalue weighted by Gasteiger charge is 2.75. The maximum Gasteiger partial charge on any atom is 0.156 e. The molecule has 140 valence electrons. The first kappa shape index (κ1) is 17.0. The summed E-state index contributed by atoms with van der Waals surface area (Å²) >= 11 is 0. The fourth-order valence-corrected chi connectivity index (χ4v) is 8.62. The molecule has 3 fully saturated rings. The normalized spacial score (nSPS) is 49.0. The highest BCUT2D eigenvalue weighted by atomic mass is 16.1. The number of fused-ring (bicyclic) bond motifs is 3. The van der Waals surface area contributed by atoms with Crippen LogP contribution in [0.1, 0.15) is 78.6 Å². The van der Waals surface area contributed by atoms with E-state index in [9.17, 15) is 9.59 Å². The second-order valence-corrected chi connectivity index (χ2v) is 10.1. The van der Waals surface area contributed by atoms with Crippen LogP contribution in [0.25, 0.3) is 0 Å². The molecule has 26 heavy (non-hydrogen) atoms. The molecular formula is C24H32O2. The van der Waals surface area contributed by atoms with Crippen molar-refractivity contribution in [1.29, 1.82) is 0 Å². The van der Waals surface area contributed by atoms with Gasteiger partial charge in [-0.15, -0.1) is 0 Å². The van der Waals surface area contributed by atoms with Gasteiger partial charge in [-0.3, -0.25) is 9.59 Å². The molecule has 0 unspecified atom stereocenters. The molecule has 4 atom stereocenters. The summed E-state index contributed by atoms with van der Waals surface area (Å²) in [6, 6.07) is 0. The zero-order valence-corrected chi connectivity index (χ0v) is 16.6. The molecule has 5 aliphatic carbocycles. The van der Waals surface area contributed by atoms with E-state index in [-0.39, 0.29) is 10.8 Å². The topological polar surface area (TPSA) is 34.1 Å². The summed E-state index contributed by atoms with van der Waals surface area (Å²) in [7, 11) is 0. The molecular weight excluding hydrogens is 320 g/mol. The Balaban J connectivity index is 1.62. The minimum Gasteiger partial charge on any atom is -0.299 e. The van der Waals surface area contributed by atoms with Crippen LogP contribution in [0.5, 0.6) is 0 Å². The molecule has 0 aliphatic heterocycles. The van der Waals surface area contributed by atoms with Crippen LogP contribution in [0.4, 0.5) is 0 Å². The molecule has 0 saturated heterocycles. The smallest absolute Gasteiger partial charge is 0.156 e. The lowest BCUT2D eigenvalue weighted by molar-refractivity contribution is -0.138. The molecule has 0 aromatic carbocycles. The monoisotopic (exact) mass is 352 g/mol. The van der Waals surface area contributed by atoms with Gasteiger partial charge in [0.15, 0.2) is 5.78 Å². The van der Waals surface area contributed by atoms with Crippen molar-refractivity contribution in [2.24, 2.45) is 34.0 Å². The Morgan fingerprint density at radius 1 is 1.15 bits per heavy atom. The molecule has 5 aliphatic rings. The third kappa shape index (κ3) is 1.71. The van der Waals surface area contributed by atoms with Gasteiger partial charge in [-0.2, -0.15) is 0 Å². The van der Waals surface area contributed by atoms with E-state index in [0.29, 0.717) is 41.2 Å². The molecule has 0 aromatic heterocycles. The van der Waals surface area contributed by atoms with Gasteiger partial charge in [0.05, 0.1) is 0 Å². The van der Waals surface area contributed by atoms with Crippen molar-refractivity contribution < 1.29 is 9.59 Å². The minimum atomic E-state index is -0.0346. The molecule has 0 radical (unpaired) electrons. The fourth-order valence-electron chi connectivity index (χ4n) is 8.62. The molecule has 2 nitrogen and oxygen atoms in total. The van der Waals surface area contributed by atoms with Crippen molar-refractivity contribution in [3.63, 3.8) is 0 Å². The predicted molar refractivity (Wildman–Crippen MR) is 103 cm³/mol. The van der Waals surface area contributed by atoms with Gasteiger partial charge in [-0.05, 0) is 92.1 Å². The van der Waals surface area contributed by atoms with Crippen LogP contribution in [0, 0.1) is 34.0 Å². The van der Waals surface area contributed by atoms with Crippen LogP contribution in [0.2, 0.25) is 0 Å². The molecule has 0 N–H and O–H groups in total. The lowest BCUT2D eigenvalue weighted by Crippen LogP contribution is -2.53. The average Bonchev–Trinajstić information content (AvgIpc) is 3.06. The number of rotatable bonds is 2. The van der Waals surface area contributed by atoms with Gasteiger partial charge in [0.2, 0.25) is 0 Å². The SMILES string of the molecule is CCC(=O)C12CCC3(CC1)[C@@H]1C=C(C)C4=CC(=O)CC[C@@H]4[C@H]1CC[C@]23C. The largest absolute Gasteiger partial charge is 0.299 e. The van der Waals surface area contributed by atoms with Crippen molar-refractivity contribution in [3.05, 3.63) is 23.3 Å². The highest BCUT2D eigenvalue weighted by molar-refractivity contribution is 5.92. The van der Waals surface area contributed by atoms with E-state index in [0.717, 1.165) is 25.7 Å². The molecule has 2 bridgehead atoms. The molecule has 2 heteroatoms. The van der Waals surface area contributed by atoms with Gasteiger partial charge in [-0.1, -0.05) is 25.5 Å². The lowest BCUT2D eigenvalue weighted by atomic mass is 9.45.